The van der Waals surface area contributed by atoms with Crippen LogP contribution < -0.4 is 21.1 Å². The van der Waals surface area contributed by atoms with Crippen molar-refractivity contribution < 1.29 is 29.0 Å². The maximum Gasteiger partial charge on any atom is 0.283 e. The van der Waals surface area contributed by atoms with Gasteiger partial charge in [0.1, 0.15) is 18.1 Å². The van der Waals surface area contributed by atoms with E-state index in [9.17, 15) is 24.3 Å². The van der Waals surface area contributed by atoms with Gasteiger partial charge in [-0.25, -0.2) is 0 Å². The number of rotatable bonds is 6. The number of aldehydes is 2. The minimum absolute atomic E-state index is 0.222. The van der Waals surface area contributed by atoms with Gasteiger partial charge >= 0.3 is 0 Å². The summed E-state index contributed by atoms with van der Waals surface area (Å²) in [5, 5.41) is 14.0. The van der Waals surface area contributed by atoms with Crippen molar-refractivity contribution >= 4 is 30.1 Å². The van der Waals surface area contributed by atoms with Crippen molar-refractivity contribution in [1.82, 2.24) is 10.6 Å². The molecule has 2 aromatic rings. The number of benzene rings is 2. The van der Waals surface area contributed by atoms with E-state index >= 15 is 0 Å². The van der Waals surface area contributed by atoms with Gasteiger partial charge in [-0.15, -0.1) is 0 Å². The topological polar surface area (TPSA) is 148 Å². The lowest BCUT2D eigenvalue weighted by Gasteiger charge is -2.16. The smallest absolute Gasteiger partial charge is 0.283 e. The maximum absolute atomic E-state index is 11.2. The highest BCUT2D eigenvalue weighted by atomic mass is 16.5. The molecular weight excluding hydrogens is 390 g/mol. The molecule has 0 fully saturated rings. The summed E-state index contributed by atoms with van der Waals surface area (Å²) in [6.07, 6.45) is -0.537. The number of amides is 2. The highest BCUT2D eigenvalue weighted by Crippen LogP contribution is 2.17. The van der Waals surface area contributed by atoms with Crippen LogP contribution in [0.3, 0.4) is 0 Å². The summed E-state index contributed by atoms with van der Waals surface area (Å²) in [6, 6.07) is 16.0. The van der Waals surface area contributed by atoms with E-state index in [1.54, 1.807) is 49.6 Å². The van der Waals surface area contributed by atoms with Gasteiger partial charge in [-0.05, 0) is 29.8 Å². The average molecular weight is 417 g/mol. The first kappa shape index (κ1) is 26.3. The van der Waals surface area contributed by atoms with Gasteiger partial charge in [0.05, 0.1) is 13.0 Å². The van der Waals surface area contributed by atoms with Gasteiger partial charge in [0, 0.05) is 19.8 Å². The number of carbonyl (C=O) groups is 4. The van der Waals surface area contributed by atoms with Crippen molar-refractivity contribution in [2.24, 2.45) is 0 Å². The summed E-state index contributed by atoms with van der Waals surface area (Å²) in [6.45, 7) is 0. The van der Waals surface area contributed by atoms with Crippen LogP contribution in [0.1, 0.15) is 11.5 Å². The summed E-state index contributed by atoms with van der Waals surface area (Å²) in [7, 11) is 4.45. The second kappa shape index (κ2) is 15.2. The molecule has 0 radical (unpaired) electrons. The number of methoxy groups -OCH3 is 1. The number of anilines is 1. The lowest BCUT2D eigenvalue weighted by atomic mass is 9.94. The lowest BCUT2D eigenvalue weighted by molar-refractivity contribution is -0.132. The van der Waals surface area contributed by atoms with Crippen LogP contribution >= 0.6 is 0 Å². The fourth-order valence-electron chi connectivity index (χ4n) is 1.98. The Morgan fingerprint density at radius 3 is 1.93 bits per heavy atom. The van der Waals surface area contributed by atoms with E-state index in [0.717, 1.165) is 11.4 Å². The zero-order valence-corrected chi connectivity index (χ0v) is 17.1. The van der Waals surface area contributed by atoms with Gasteiger partial charge in [-0.3, -0.25) is 14.4 Å². The van der Waals surface area contributed by atoms with E-state index in [1.807, 2.05) is 12.1 Å². The van der Waals surface area contributed by atoms with Crippen LogP contribution in [-0.2, 0) is 19.2 Å². The van der Waals surface area contributed by atoms with E-state index in [-0.39, 0.29) is 6.29 Å². The second-order valence-electron chi connectivity index (χ2n) is 5.64. The van der Waals surface area contributed by atoms with Gasteiger partial charge in [-0.1, -0.05) is 30.3 Å². The molecule has 0 aromatic heterocycles. The zero-order chi connectivity index (χ0) is 22.9. The van der Waals surface area contributed by atoms with E-state index in [1.165, 1.54) is 14.1 Å². The van der Waals surface area contributed by atoms with Gasteiger partial charge in [0.15, 0.2) is 0 Å². The fourth-order valence-corrected chi connectivity index (χ4v) is 1.98. The first-order chi connectivity index (χ1) is 14.3. The first-order valence-electron chi connectivity index (χ1n) is 8.80. The summed E-state index contributed by atoms with van der Waals surface area (Å²) >= 11 is 0. The molecule has 2 aromatic carbocycles. The number of nitrogen functional groups attached to an aromatic ring is 1. The molecule has 162 valence electrons. The fraction of sp³-hybridized carbons (Fsp3) is 0.238. The summed E-state index contributed by atoms with van der Waals surface area (Å²) in [5.74, 6) is -1.12. The van der Waals surface area contributed by atoms with Crippen molar-refractivity contribution in [3.63, 3.8) is 0 Å². The minimum atomic E-state index is -1.34. The van der Waals surface area contributed by atoms with Crippen molar-refractivity contribution in [3.8, 4) is 5.75 Å². The van der Waals surface area contributed by atoms with Crippen molar-refractivity contribution in [1.29, 1.82) is 0 Å². The number of nitrogens with one attached hydrogen (secondary N) is 2. The Morgan fingerprint density at radius 2 is 1.57 bits per heavy atom. The van der Waals surface area contributed by atoms with Crippen molar-refractivity contribution in [3.05, 3.63) is 60.2 Å². The molecule has 0 aliphatic carbocycles. The molecule has 0 spiro atoms. The molecule has 0 heterocycles. The Kier molecular flexibility index (Phi) is 13.3. The number of hydrogen-bond acceptors (Lipinski definition) is 7. The van der Waals surface area contributed by atoms with E-state index in [2.05, 4.69) is 10.6 Å². The zero-order valence-electron chi connectivity index (χ0n) is 17.1. The molecule has 2 atom stereocenters. The molecular formula is C21H27N3O6. The SMILES string of the molecule is CNC(=O)C(O)C(C=O)c1ccccc1.CNC(=O)C=O.COc1ccc(N)cc1. The molecule has 9 heteroatoms. The normalized spacial score (nSPS) is 11.1. The predicted octanol–water partition coefficient (Wildman–Crippen LogP) is 0.285. The van der Waals surface area contributed by atoms with Gasteiger partial charge < -0.3 is 31.0 Å². The number of nitrogens with two attached hydrogens (primary N) is 1. The largest absolute Gasteiger partial charge is 0.497 e. The first-order valence-corrected chi connectivity index (χ1v) is 8.80. The molecule has 9 nitrogen and oxygen atoms in total. The number of aliphatic hydroxyl groups excluding tert-OH is 1. The van der Waals surface area contributed by atoms with E-state index < -0.39 is 23.8 Å². The Balaban J connectivity index is 0.000000475. The molecule has 5 N–H and O–H groups in total. The lowest BCUT2D eigenvalue weighted by Crippen LogP contribution is -2.37. The summed E-state index contributed by atoms with van der Waals surface area (Å²) < 4.78 is 4.91. The van der Waals surface area contributed by atoms with Crippen LogP contribution in [0, 0.1) is 0 Å². The number of aliphatic hydroxyl groups is 1. The van der Waals surface area contributed by atoms with Crippen LogP contribution in [0.4, 0.5) is 5.69 Å². The van der Waals surface area contributed by atoms with Crippen LogP contribution in [0.25, 0.3) is 0 Å². The average Bonchev–Trinajstić information content (AvgIpc) is 2.80. The van der Waals surface area contributed by atoms with Crippen LogP contribution in [0.15, 0.2) is 54.6 Å². The van der Waals surface area contributed by atoms with Crippen molar-refractivity contribution in [2.75, 3.05) is 26.9 Å². The quantitative estimate of drug-likeness (QED) is 0.300. The number of ether oxygens (including phenoxy) is 1. The Morgan fingerprint density at radius 1 is 1.00 bits per heavy atom. The predicted molar refractivity (Wildman–Crippen MR) is 113 cm³/mol. The highest BCUT2D eigenvalue weighted by molar-refractivity contribution is 6.23. The second-order valence-corrected chi connectivity index (χ2v) is 5.64. The number of likely N-dealkylation sites (N-methyl/N-ethyl adjacent to an activating group) is 2. The summed E-state index contributed by atoms with van der Waals surface area (Å²) in [4.78, 5) is 41.0. The monoisotopic (exact) mass is 417 g/mol. The Bertz CT molecular complexity index is 781. The maximum atomic E-state index is 11.2. The Labute approximate surface area is 175 Å². The number of hydrogen-bond donors (Lipinski definition) is 4. The molecule has 0 saturated carbocycles. The third-order valence-corrected chi connectivity index (χ3v) is 3.66. The number of carbonyl (C=O) groups excluding carboxylic acids is 4. The highest BCUT2D eigenvalue weighted by Gasteiger charge is 2.26. The third kappa shape index (κ3) is 10.00. The molecule has 0 aliphatic heterocycles. The van der Waals surface area contributed by atoms with Crippen LogP contribution in [0.2, 0.25) is 0 Å². The van der Waals surface area contributed by atoms with Gasteiger partial charge in [0.25, 0.3) is 5.91 Å². The van der Waals surface area contributed by atoms with Gasteiger partial charge in [0.2, 0.25) is 12.2 Å². The molecule has 2 rings (SSSR count). The third-order valence-electron chi connectivity index (χ3n) is 3.66. The molecule has 0 aliphatic rings. The van der Waals surface area contributed by atoms with E-state index in [4.69, 9.17) is 10.5 Å². The van der Waals surface area contributed by atoms with Crippen LogP contribution in [0.5, 0.6) is 5.75 Å². The van der Waals surface area contributed by atoms with Crippen LogP contribution in [-0.4, -0.2) is 56.8 Å². The molecule has 2 amide bonds. The minimum Gasteiger partial charge on any atom is -0.497 e. The molecule has 0 bridgehead atoms. The summed E-state index contributed by atoms with van der Waals surface area (Å²) in [5.41, 5.74) is 6.81. The van der Waals surface area contributed by atoms with Gasteiger partial charge in [-0.2, -0.15) is 0 Å². The molecule has 2 unspecified atom stereocenters. The molecule has 30 heavy (non-hydrogen) atoms. The Hall–Kier alpha value is -3.72. The standard InChI is InChI=1S/C11H13NO3.C7H9NO.C3H5NO2/c1-12-11(15)10(14)9(7-13)8-5-3-2-4-6-8;1-9-7-4-2-6(8)3-5-7;1-4-3(6)2-5/h2-7,9-10,14H,1H3,(H,12,15);2-5H,8H2,1H3;2H,1H3,(H,4,6). The molecule has 0 saturated heterocycles. The van der Waals surface area contributed by atoms with E-state index in [0.29, 0.717) is 11.8 Å². The van der Waals surface area contributed by atoms with Crippen molar-refractivity contribution in [2.45, 2.75) is 12.0 Å².